The molecule has 1 saturated heterocycles. The SMILES string of the molecule is CNC(=O)c1c(N2CCOCC2)cnc2c(C(CNc3cc(-c4ccc(C)nc4)ncn3)CSC)cccc12. The molecule has 0 radical (unpaired) electrons. The number of para-hydroxylation sites is 1. The Morgan fingerprint density at radius 2 is 1.95 bits per heavy atom. The van der Waals surface area contributed by atoms with Crippen LogP contribution in [0, 0.1) is 6.92 Å². The molecule has 1 aliphatic heterocycles. The number of aryl methyl sites for hydroxylation is 1. The molecule has 0 saturated carbocycles. The van der Waals surface area contributed by atoms with Crippen LogP contribution in [0.4, 0.5) is 11.5 Å². The van der Waals surface area contributed by atoms with Gasteiger partial charge >= 0.3 is 0 Å². The van der Waals surface area contributed by atoms with E-state index in [0.717, 1.165) is 63.8 Å². The number of carbonyl (C=O) groups excluding carboxylic acids is 1. The van der Waals surface area contributed by atoms with E-state index in [2.05, 4.69) is 42.8 Å². The minimum atomic E-state index is -0.111. The van der Waals surface area contributed by atoms with Gasteiger partial charge in [0.1, 0.15) is 12.1 Å². The highest BCUT2D eigenvalue weighted by Gasteiger charge is 2.24. The Kier molecular flexibility index (Phi) is 8.53. The number of fused-ring (bicyclic) bond motifs is 1. The second kappa shape index (κ2) is 12.4. The first-order valence-electron chi connectivity index (χ1n) is 13.0. The number of carbonyl (C=O) groups is 1. The van der Waals surface area contributed by atoms with Crippen molar-refractivity contribution in [3.05, 3.63) is 71.9 Å². The number of anilines is 2. The third-order valence-corrected chi connectivity index (χ3v) is 7.66. The van der Waals surface area contributed by atoms with Gasteiger partial charge in [0, 0.05) is 67.3 Å². The molecular formula is C29H33N7O2S. The highest BCUT2D eigenvalue weighted by molar-refractivity contribution is 7.98. The van der Waals surface area contributed by atoms with Crippen molar-refractivity contribution >= 4 is 40.1 Å². The first-order valence-corrected chi connectivity index (χ1v) is 14.4. The van der Waals surface area contributed by atoms with Gasteiger partial charge in [-0.05, 0) is 30.9 Å². The van der Waals surface area contributed by atoms with Crippen LogP contribution in [0.15, 0.2) is 55.1 Å². The molecule has 1 aromatic carbocycles. The molecule has 2 N–H and O–H groups in total. The summed E-state index contributed by atoms with van der Waals surface area (Å²) < 4.78 is 5.53. The lowest BCUT2D eigenvalue weighted by Crippen LogP contribution is -2.38. The van der Waals surface area contributed by atoms with Gasteiger partial charge in [0.25, 0.3) is 5.91 Å². The average molecular weight is 544 g/mol. The first kappa shape index (κ1) is 26.8. The molecule has 1 amide bonds. The zero-order chi connectivity index (χ0) is 27.2. The number of hydrogen-bond donors (Lipinski definition) is 2. The van der Waals surface area contributed by atoms with E-state index in [4.69, 9.17) is 9.72 Å². The molecule has 10 heteroatoms. The van der Waals surface area contributed by atoms with Crippen molar-refractivity contribution in [1.82, 2.24) is 25.3 Å². The van der Waals surface area contributed by atoms with Crippen LogP contribution in [0.2, 0.25) is 0 Å². The molecule has 1 fully saturated rings. The predicted octanol–water partition coefficient (Wildman–Crippen LogP) is 4.15. The van der Waals surface area contributed by atoms with E-state index in [-0.39, 0.29) is 11.8 Å². The van der Waals surface area contributed by atoms with Gasteiger partial charge in [-0.15, -0.1) is 0 Å². The Morgan fingerprint density at radius 1 is 1.10 bits per heavy atom. The van der Waals surface area contributed by atoms with E-state index in [1.807, 2.05) is 49.6 Å². The lowest BCUT2D eigenvalue weighted by atomic mass is 9.95. The highest BCUT2D eigenvalue weighted by atomic mass is 32.2. The Balaban J connectivity index is 1.46. The molecule has 202 valence electrons. The zero-order valence-electron chi connectivity index (χ0n) is 22.5. The first-order chi connectivity index (χ1) is 19.1. The number of rotatable bonds is 9. The van der Waals surface area contributed by atoms with Gasteiger partial charge in [-0.2, -0.15) is 11.8 Å². The number of nitrogens with zero attached hydrogens (tertiary/aromatic N) is 5. The van der Waals surface area contributed by atoms with Gasteiger partial charge in [0.15, 0.2) is 0 Å². The molecule has 3 aromatic heterocycles. The Bertz CT molecular complexity index is 1440. The second-order valence-corrected chi connectivity index (χ2v) is 10.4. The topological polar surface area (TPSA) is 105 Å². The Hall–Kier alpha value is -3.76. The summed E-state index contributed by atoms with van der Waals surface area (Å²) in [7, 11) is 1.67. The van der Waals surface area contributed by atoms with Crippen LogP contribution in [0.25, 0.3) is 22.2 Å². The maximum absolute atomic E-state index is 13.1. The molecule has 0 aliphatic carbocycles. The van der Waals surface area contributed by atoms with Gasteiger partial charge in [-0.25, -0.2) is 9.97 Å². The summed E-state index contributed by atoms with van der Waals surface area (Å²) in [5, 5.41) is 7.21. The molecule has 5 rings (SSSR count). The second-order valence-electron chi connectivity index (χ2n) is 9.45. The number of benzene rings is 1. The van der Waals surface area contributed by atoms with Crippen molar-refractivity contribution in [3.8, 4) is 11.3 Å². The molecule has 1 aliphatic rings. The van der Waals surface area contributed by atoms with Gasteiger partial charge in [-0.3, -0.25) is 14.8 Å². The summed E-state index contributed by atoms with van der Waals surface area (Å²) in [4.78, 5) is 33.5. The van der Waals surface area contributed by atoms with Crippen molar-refractivity contribution in [1.29, 1.82) is 0 Å². The quantitative estimate of drug-likeness (QED) is 0.322. The van der Waals surface area contributed by atoms with E-state index < -0.39 is 0 Å². The molecule has 0 bridgehead atoms. The van der Waals surface area contributed by atoms with Crippen LogP contribution >= 0.6 is 11.8 Å². The largest absolute Gasteiger partial charge is 0.378 e. The van der Waals surface area contributed by atoms with Crippen LogP contribution in [0.5, 0.6) is 0 Å². The fourth-order valence-corrected chi connectivity index (χ4v) is 5.59. The number of morpholine rings is 1. The summed E-state index contributed by atoms with van der Waals surface area (Å²) in [6, 6.07) is 12.1. The summed E-state index contributed by atoms with van der Waals surface area (Å²) in [5.74, 6) is 1.66. The lowest BCUT2D eigenvalue weighted by molar-refractivity contribution is 0.0963. The van der Waals surface area contributed by atoms with Crippen molar-refractivity contribution < 1.29 is 9.53 Å². The predicted molar refractivity (Wildman–Crippen MR) is 158 cm³/mol. The Labute approximate surface area is 232 Å². The number of hydrogen-bond acceptors (Lipinski definition) is 9. The van der Waals surface area contributed by atoms with E-state index in [1.54, 1.807) is 25.1 Å². The van der Waals surface area contributed by atoms with Crippen LogP contribution in [-0.2, 0) is 4.74 Å². The summed E-state index contributed by atoms with van der Waals surface area (Å²) >= 11 is 1.78. The van der Waals surface area contributed by atoms with Crippen LogP contribution in [-0.4, -0.2) is 77.7 Å². The lowest BCUT2D eigenvalue weighted by Gasteiger charge is -2.30. The Morgan fingerprint density at radius 3 is 2.69 bits per heavy atom. The van der Waals surface area contributed by atoms with Crippen LogP contribution in [0.3, 0.4) is 0 Å². The minimum absolute atomic E-state index is 0.111. The maximum Gasteiger partial charge on any atom is 0.253 e. The van der Waals surface area contributed by atoms with Crippen LogP contribution in [0.1, 0.15) is 27.5 Å². The third-order valence-electron chi connectivity index (χ3n) is 6.93. The highest BCUT2D eigenvalue weighted by Crippen LogP contribution is 2.33. The molecular weight excluding hydrogens is 510 g/mol. The summed E-state index contributed by atoms with van der Waals surface area (Å²) in [6.07, 6.45) is 7.35. The third kappa shape index (κ3) is 5.97. The maximum atomic E-state index is 13.1. The van der Waals surface area contributed by atoms with Gasteiger partial charge in [0.2, 0.25) is 0 Å². The molecule has 9 nitrogen and oxygen atoms in total. The van der Waals surface area contributed by atoms with Gasteiger partial charge in [0.05, 0.1) is 41.9 Å². The van der Waals surface area contributed by atoms with Crippen molar-refractivity contribution in [2.24, 2.45) is 0 Å². The smallest absolute Gasteiger partial charge is 0.253 e. The van der Waals surface area contributed by atoms with Crippen LogP contribution < -0.4 is 15.5 Å². The van der Waals surface area contributed by atoms with Crippen molar-refractivity contribution in [2.45, 2.75) is 12.8 Å². The normalized spacial score (nSPS) is 14.3. The van der Waals surface area contributed by atoms with Gasteiger partial charge < -0.3 is 20.3 Å². The van der Waals surface area contributed by atoms with E-state index >= 15 is 0 Å². The fourth-order valence-electron chi connectivity index (χ4n) is 4.89. The van der Waals surface area contributed by atoms with E-state index in [1.165, 1.54) is 0 Å². The fraction of sp³-hybridized carbons (Fsp3) is 0.345. The summed E-state index contributed by atoms with van der Waals surface area (Å²) in [5.41, 5.74) is 6.19. The number of thioether (sulfide) groups is 1. The number of pyridine rings is 2. The number of aromatic nitrogens is 4. The molecule has 4 heterocycles. The van der Waals surface area contributed by atoms with Gasteiger partial charge in [-0.1, -0.05) is 18.2 Å². The molecule has 1 atom stereocenters. The zero-order valence-corrected chi connectivity index (χ0v) is 23.3. The number of amides is 1. The molecule has 0 spiro atoms. The minimum Gasteiger partial charge on any atom is -0.378 e. The summed E-state index contributed by atoms with van der Waals surface area (Å²) in [6.45, 7) is 5.36. The molecule has 1 unspecified atom stereocenters. The number of nitrogens with one attached hydrogen (secondary N) is 2. The molecule has 39 heavy (non-hydrogen) atoms. The van der Waals surface area contributed by atoms with Crippen molar-refractivity contribution in [2.75, 3.05) is 62.1 Å². The standard InChI is InChI=1S/C29H33N7O2S/c1-19-7-8-20(14-31-19)24-13-26(35-18-34-24)32-15-21(17-39-3)22-5-4-6-23-27(29(37)30-2)25(16-33-28(22)23)36-9-11-38-12-10-36/h4-8,13-14,16,18,21H,9-12,15,17H2,1-3H3,(H,30,37)(H,32,34,35). The average Bonchev–Trinajstić information content (AvgIpc) is 2.99. The van der Waals surface area contributed by atoms with E-state index in [9.17, 15) is 4.79 Å². The number of ether oxygens (including phenoxy) is 1. The molecule has 4 aromatic rings. The van der Waals surface area contributed by atoms with E-state index in [0.29, 0.717) is 25.3 Å². The van der Waals surface area contributed by atoms with Crippen molar-refractivity contribution in [3.63, 3.8) is 0 Å². The monoisotopic (exact) mass is 543 g/mol.